The molecule has 3 aromatic heterocycles. The third-order valence-corrected chi connectivity index (χ3v) is 4.65. The summed E-state index contributed by atoms with van der Waals surface area (Å²) in [5.41, 5.74) is 0.580. The topological polar surface area (TPSA) is 93.5 Å². The van der Waals surface area contributed by atoms with Gasteiger partial charge in [-0.3, -0.25) is 14.3 Å². The Kier molecular flexibility index (Phi) is 4.78. The van der Waals surface area contributed by atoms with Crippen LogP contribution < -0.4 is 5.32 Å². The maximum absolute atomic E-state index is 12.7. The van der Waals surface area contributed by atoms with Crippen LogP contribution in [0.25, 0.3) is 0 Å². The highest BCUT2D eigenvalue weighted by Crippen LogP contribution is 2.22. The molecule has 0 aliphatic carbocycles. The first-order chi connectivity index (χ1) is 13.2. The Morgan fingerprint density at radius 3 is 2.67 bits per heavy atom. The van der Waals surface area contributed by atoms with Gasteiger partial charge in [0.1, 0.15) is 0 Å². The van der Waals surface area contributed by atoms with Crippen LogP contribution >= 0.6 is 0 Å². The van der Waals surface area contributed by atoms with E-state index in [1.165, 1.54) is 12.5 Å². The Morgan fingerprint density at radius 2 is 1.93 bits per heavy atom. The first-order valence-corrected chi connectivity index (χ1v) is 8.92. The Hall–Kier alpha value is -3.29. The van der Waals surface area contributed by atoms with Crippen LogP contribution in [0.2, 0.25) is 0 Å². The summed E-state index contributed by atoms with van der Waals surface area (Å²) in [5.74, 6) is 0.175. The first kappa shape index (κ1) is 17.1. The van der Waals surface area contributed by atoms with E-state index < -0.39 is 0 Å². The van der Waals surface area contributed by atoms with E-state index in [1.807, 2.05) is 4.90 Å². The summed E-state index contributed by atoms with van der Waals surface area (Å²) in [6.45, 7) is 1.26. The molecule has 4 heterocycles. The molecule has 3 aromatic rings. The lowest BCUT2D eigenvalue weighted by molar-refractivity contribution is 0.0551. The molecule has 0 bridgehead atoms. The molecule has 2 amide bonds. The van der Waals surface area contributed by atoms with Gasteiger partial charge in [0.25, 0.3) is 11.8 Å². The van der Waals surface area contributed by atoms with Crippen molar-refractivity contribution in [1.29, 1.82) is 0 Å². The van der Waals surface area contributed by atoms with Crippen LogP contribution in [-0.4, -0.2) is 39.1 Å². The number of amides is 2. The van der Waals surface area contributed by atoms with Gasteiger partial charge in [-0.15, -0.1) is 0 Å². The second kappa shape index (κ2) is 7.53. The molecule has 1 aliphatic rings. The van der Waals surface area contributed by atoms with Gasteiger partial charge >= 0.3 is 0 Å². The van der Waals surface area contributed by atoms with Crippen LogP contribution in [0.15, 0.2) is 58.0 Å². The van der Waals surface area contributed by atoms with Gasteiger partial charge in [0.05, 0.1) is 37.0 Å². The number of hydrogen-bond acceptors (Lipinski definition) is 5. The summed E-state index contributed by atoms with van der Waals surface area (Å²) in [4.78, 5) is 26.6. The molecule has 0 saturated carbocycles. The van der Waals surface area contributed by atoms with Crippen LogP contribution in [0.5, 0.6) is 0 Å². The van der Waals surface area contributed by atoms with E-state index in [1.54, 1.807) is 41.3 Å². The number of anilines is 1. The predicted molar refractivity (Wildman–Crippen MR) is 96.3 cm³/mol. The number of carbonyl (C=O) groups excluding carboxylic acids is 2. The smallest absolute Gasteiger partial charge is 0.291 e. The Labute approximate surface area is 155 Å². The highest BCUT2D eigenvalue weighted by molar-refractivity contribution is 6.02. The summed E-state index contributed by atoms with van der Waals surface area (Å²) in [6, 6.07) is 6.69. The largest absolute Gasteiger partial charge is 0.459 e. The standard InChI is InChI=1S/C19H20N4O4/c24-18(16-6-3-9-26-16)21-14-11-20-22(12-14)13-15-5-1-2-8-23(15)19(25)17-7-4-10-27-17/h3-4,6-7,9-12,15H,1-2,5,8,13H2,(H,21,24). The summed E-state index contributed by atoms with van der Waals surface area (Å²) in [6.07, 6.45) is 9.25. The van der Waals surface area contributed by atoms with Gasteiger partial charge in [0.2, 0.25) is 0 Å². The zero-order chi connectivity index (χ0) is 18.6. The Balaban J connectivity index is 1.42. The fraction of sp³-hybridized carbons (Fsp3) is 0.316. The van der Waals surface area contributed by atoms with E-state index in [9.17, 15) is 9.59 Å². The molecular formula is C19H20N4O4. The minimum atomic E-state index is -0.327. The maximum atomic E-state index is 12.7. The molecule has 8 nitrogen and oxygen atoms in total. The second-order valence-electron chi connectivity index (χ2n) is 6.51. The van der Waals surface area contributed by atoms with Gasteiger partial charge in [-0.1, -0.05) is 0 Å². The number of aromatic nitrogens is 2. The lowest BCUT2D eigenvalue weighted by Crippen LogP contribution is -2.45. The third kappa shape index (κ3) is 3.79. The second-order valence-corrected chi connectivity index (χ2v) is 6.51. The van der Waals surface area contributed by atoms with Crippen molar-refractivity contribution in [2.75, 3.05) is 11.9 Å². The minimum Gasteiger partial charge on any atom is -0.459 e. The molecule has 1 fully saturated rings. The van der Waals surface area contributed by atoms with Gasteiger partial charge in [0.15, 0.2) is 11.5 Å². The average molecular weight is 368 g/mol. The zero-order valence-corrected chi connectivity index (χ0v) is 14.7. The van der Waals surface area contributed by atoms with Gasteiger partial charge < -0.3 is 19.1 Å². The molecule has 8 heteroatoms. The van der Waals surface area contributed by atoms with Crippen molar-refractivity contribution in [1.82, 2.24) is 14.7 Å². The fourth-order valence-electron chi connectivity index (χ4n) is 3.34. The van der Waals surface area contributed by atoms with Crippen LogP contribution in [-0.2, 0) is 6.54 Å². The van der Waals surface area contributed by atoms with Gasteiger partial charge in [-0.25, -0.2) is 0 Å². The number of furan rings is 2. The van der Waals surface area contributed by atoms with Crippen LogP contribution in [0.1, 0.15) is 40.4 Å². The van der Waals surface area contributed by atoms with E-state index in [4.69, 9.17) is 8.83 Å². The number of carbonyl (C=O) groups is 2. The van der Waals surface area contributed by atoms with Crippen LogP contribution in [0.3, 0.4) is 0 Å². The molecule has 4 rings (SSSR count). The van der Waals surface area contributed by atoms with Gasteiger partial charge in [0, 0.05) is 12.7 Å². The first-order valence-electron chi connectivity index (χ1n) is 8.92. The SMILES string of the molecule is O=C(Nc1cnn(CC2CCCCN2C(=O)c2ccco2)c1)c1ccco1. The third-order valence-electron chi connectivity index (χ3n) is 4.65. The summed E-state index contributed by atoms with van der Waals surface area (Å²) in [5, 5.41) is 7.06. The van der Waals surface area contributed by atoms with Crippen molar-refractivity contribution in [2.45, 2.75) is 31.8 Å². The molecule has 0 radical (unpaired) electrons. The normalized spacial score (nSPS) is 17.0. The molecular weight excluding hydrogens is 348 g/mol. The number of hydrogen-bond donors (Lipinski definition) is 1. The van der Waals surface area contributed by atoms with E-state index in [-0.39, 0.29) is 23.6 Å². The molecule has 0 aromatic carbocycles. The van der Waals surface area contributed by atoms with Crippen molar-refractivity contribution in [3.63, 3.8) is 0 Å². The summed E-state index contributed by atoms with van der Waals surface area (Å²) < 4.78 is 12.1. The van der Waals surface area contributed by atoms with E-state index in [0.717, 1.165) is 19.3 Å². The Morgan fingerprint density at radius 1 is 1.15 bits per heavy atom. The molecule has 1 saturated heterocycles. The molecule has 1 aliphatic heterocycles. The molecule has 27 heavy (non-hydrogen) atoms. The van der Waals surface area contributed by atoms with Crippen LogP contribution in [0.4, 0.5) is 5.69 Å². The number of piperidine rings is 1. The van der Waals surface area contributed by atoms with Gasteiger partial charge in [-0.2, -0.15) is 5.10 Å². The summed E-state index contributed by atoms with van der Waals surface area (Å²) in [7, 11) is 0. The summed E-state index contributed by atoms with van der Waals surface area (Å²) >= 11 is 0. The number of nitrogens with one attached hydrogen (secondary N) is 1. The minimum absolute atomic E-state index is 0.0323. The lowest BCUT2D eigenvalue weighted by atomic mass is 10.0. The fourth-order valence-corrected chi connectivity index (χ4v) is 3.34. The average Bonchev–Trinajstić information content (AvgIpc) is 3.44. The highest BCUT2D eigenvalue weighted by Gasteiger charge is 2.29. The maximum Gasteiger partial charge on any atom is 0.291 e. The van der Waals surface area contributed by atoms with E-state index >= 15 is 0 Å². The van der Waals surface area contributed by atoms with Crippen molar-refractivity contribution in [2.24, 2.45) is 0 Å². The van der Waals surface area contributed by atoms with Crippen molar-refractivity contribution >= 4 is 17.5 Å². The Bertz CT molecular complexity index is 898. The predicted octanol–water partition coefficient (Wildman–Crippen LogP) is 3.02. The molecule has 1 N–H and O–H groups in total. The zero-order valence-electron chi connectivity index (χ0n) is 14.7. The highest BCUT2D eigenvalue weighted by atomic mass is 16.3. The number of likely N-dealkylation sites (tertiary alicyclic amines) is 1. The number of nitrogens with zero attached hydrogens (tertiary/aromatic N) is 3. The number of rotatable bonds is 5. The molecule has 0 spiro atoms. The molecule has 140 valence electrons. The quantitative estimate of drug-likeness (QED) is 0.747. The van der Waals surface area contributed by atoms with E-state index in [2.05, 4.69) is 10.4 Å². The van der Waals surface area contributed by atoms with Crippen LogP contribution in [0, 0.1) is 0 Å². The molecule has 1 atom stereocenters. The van der Waals surface area contributed by atoms with Crippen molar-refractivity contribution in [3.8, 4) is 0 Å². The lowest BCUT2D eigenvalue weighted by Gasteiger charge is -2.35. The van der Waals surface area contributed by atoms with Crippen molar-refractivity contribution in [3.05, 3.63) is 60.7 Å². The van der Waals surface area contributed by atoms with E-state index in [0.29, 0.717) is 24.5 Å². The van der Waals surface area contributed by atoms with Gasteiger partial charge in [-0.05, 0) is 43.5 Å². The molecule has 1 unspecified atom stereocenters. The van der Waals surface area contributed by atoms with Crippen molar-refractivity contribution < 1.29 is 18.4 Å². The monoisotopic (exact) mass is 368 g/mol.